The molecule has 0 bridgehead atoms. The first-order valence-electron chi connectivity index (χ1n) is 13.4. The van der Waals surface area contributed by atoms with Crippen LogP contribution in [0.5, 0.6) is 28.7 Å². The number of aliphatic hydroxyl groups is 6. The van der Waals surface area contributed by atoms with E-state index in [1.54, 1.807) is 0 Å². The lowest BCUT2D eigenvalue weighted by Crippen LogP contribution is -2.60. The van der Waals surface area contributed by atoms with E-state index in [2.05, 4.69) is 0 Å². The summed E-state index contributed by atoms with van der Waals surface area (Å²) in [6, 6.07) is 5.28. The van der Waals surface area contributed by atoms with Gasteiger partial charge in [-0.25, -0.2) is 0 Å². The van der Waals surface area contributed by atoms with E-state index in [0.717, 1.165) is 24.3 Å². The van der Waals surface area contributed by atoms with Crippen LogP contribution in [0.3, 0.4) is 0 Å². The van der Waals surface area contributed by atoms with Gasteiger partial charge >= 0.3 is 0 Å². The summed E-state index contributed by atoms with van der Waals surface area (Å²) in [5, 5.41) is 99.9. The molecular weight excluding hydrogens is 592 g/mol. The average Bonchev–Trinajstić information content (AvgIpc) is 2.97. The van der Waals surface area contributed by atoms with E-state index in [1.807, 2.05) is 0 Å². The number of aliphatic hydroxyl groups excluding tert-OH is 6. The topological polar surface area (TPSA) is 269 Å². The van der Waals surface area contributed by atoms with Crippen LogP contribution in [-0.4, -0.2) is 120 Å². The summed E-state index contributed by atoms with van der Waals surface area (Å²) in [5.74, 6) is -3.25. The average molecular weight is 627 g/mol. The standard InChI is InChI=1S/C28H34O16/c1-10(21(35)17(34)8-29)41-11(2)40-9-19-22(36)24(38)25(39)28(43-19)44-27-23(37)20-16(33)6-13(30)7-18(20)42-26(27)12-3-4-14(31)15(32)5-12/h3-7,10-11,17,19,21-22,24-25,28-36,38-39H,8-9H2,1-2H3/t10?,11?,17?,19?,21-,22+,24?,25?,28-/m0/s1. The van der Waals surface area contributed by atoms with Gasteiger partial charge in [0.2, 0.25) is 17.5 Å². The van der Waals surface area contributed by atoms with Crippen LogP contribution in [0.1, 0.15) is 13.8 Å². The quantitative estimate of drug-likeness (QED) is 0.0898. The zero-order chi connectivity index (χ0) is 32.5. The Hall–Kier alpha value is -3.71. The Labute approximate surface area is 248 Å². The summed E-state index contributed by atoms with van der Waals surface area (Å²) in [5.41, 5.74) is -1.30. The summed E-state index contributed by atoms with van der Waals surface area (Å²) >= 11 is 0. The molecule has 3 aromatic rings. The summed E-state index contributed by atoms with van der Waals surface area (Å²) in [6.07, 6.45) is -13.7. The van der Waals surface area contributed by atoms with Crippen LogP contribution in [0.25, 0.3) is 22.3 Å². The van der Waals surface area contributed by atoms with Gasteiger partial charge in [-0.1, -0.05) is 0 Å². The molecule has 1 aliphatic rings. The van der Waals surface area contributed by atoms with Gasteiger partial charge in [-0.05, 0) is 32.0 Å². The Bertz CT molecular complexity index is 1510. The molecule has 1 fully saturated rings. The number of hydrogen-bond donors (Lipinski definition) is 10. The highest BCUT2D eigenvalue weighted by Crippen LogP contribution is 2.39. The van der Waals surface area contributed by atoms with Crippen LogP contribution < -0.4 is 10.2 Å². The first kappa shape index (κ1) is 33.2. The first-order valence-corrected chi connectivity index (χ1v) is 13.4. The van der Waals surface area contributed by atoms with Crippen LogP contribution in [0.15, 0.2) is 39.5 Å². The van der Waals surface area contributed by atoms with Gasteiger partial charge in [-0.2, -0.15) is 0 Å². The largest absolute Gasteiger partial charge is 0.508 e. The molecule has 0 amide bonds. The van der Waals surface area contributed by atoms with Gasteiger partial charge in [0, 0.05) is 17.7 Å². The predicted octanol–water partition coefficient (Wildman–Crippen LogP) is -1.05. The lowest BCUT2D eigenvalue weighted by Gasteiger charge is -2.40. The van der Waals surface area contributed by atoms with Crippen molar-refractivity contribution in [2.45, 2.75) is 69.2 Å². The minimum atomic E-state index is -1.94. The molecule has 4 rings (SSSR count). The van der Waals surface area contributed by atoms with Gasteiger partial charge in [0.1, 0.15) is 59.1 Å². The van der Waals surface area contributed by atoms with Gasteiger partial charge in [0.15, 0.2) is 23.5 Å². The molecule has 0 aliphatic carbocycles. The maximum atomic E-state index is 13.6. The molecule has 0 saturated carbocycles. The van der Waals surface area contributed by atoms with Crippen LogP contribution in [0, 0.1) is 0 Å². The van der Waals surface area contributed by atoms with Crippen molar-refractivity contribution in [1.29, 1.82) is 0 Å². The Balaban J connectivity index is 1.63. The molecule has 16 nitrogen and oxygen atoms in total. The maximum Gasteiger partial charge on any atom is 0.239 e. The Morgan fingerprint density at radius 3 is 2.27 bits per heavy atom. The lowest BCUT2D eigenvalue weighted by molar-refractivity contribution is -0.290. The van der Waals surface area contributed by atoms with Crippen molar-refractivity contribution >= 4 is 11.0 Å². The molecular formula is C28H34O16. The molecule has 242 valence electrons. The Morgan fingerprint density at radius 1 is 0.909 bits per heavy atom. The molecule has 1 aliphatic heterocycles. The molecule has 1 aromatic heterocycles. The number of phenols is 4. The number of phenolic OH excluding ortho intramolecular Hbond substituents is 4. The lowest BCUT2D eigenvalue weighted by atomic mass is 9.99. The highest BCUT2D eigenvalue weighted by molar-refractivity contribution is 5.88. The molecule has 2 aromatic carbocycles. The third-order valence-electron chi connectivity index (χ3n) is 7.02. The fourth-order valence-electron chi connectivity index (χ4n) is 4.57. The molecule has 1 saturated heterocycles. The van der Waals surface area contributed by atoms with Gasteiger partial charge in [0.25, 0.3) is 0 Å². The number of hydrogen-bond acceptors (Lipinski definition) is 16. The highest BCUT2D eigenvalue weighted by atomic mass is 16.7. The summed E-state index contributed by atoms with van der Waals surface area (Å²) in [4.78, 5) is 13.6. The van der Waals surface area contributed by atoms with E-state index in [0.29, 0.717) is 0 Å². The van der Waals surface area contributed by atoms with Crippen LogP contribution >= 0.6 is 0 Å². The van der Waals surface area contributed by atoms with Gasteiger partial charge in [-0.3, -0.25) is 4.79 Å². The first-order chi connectivity index (χ1) is 20.7. The molecule has 6 unspecified atom stereocenters. The number of benzene rings is 2. The number of fused-ring (bicyclic) bond motifs is 1. The molecule has 44 heavy (non-hydrogen) atoms. The molecule has 16 heteroatoms. The van der Waals surface area contributed by atoms with Crippen molar-refractivity contribution in [3.05, 3.63) is 40.6 Å². The summed E-state index contributed by atoms with van der Waals surface area (Å²) in [7, 11) is 0. The number of aromatic hydroxyl groups is 4. The number of rotatable bonds is 11. The van der Waals surface area contributed by atoms with E-state index in [1.165, 1.54) is 19.9 Å². The summed E-state index contributed by atoms with van der Waals surface area (Å²) < 4.78 is 28.0. The molecule has 0 radical (unpaired) electrons. The van der Waals surface area contributed by atoms with Crippen LogP contribution in [0.2, 0.25) is 0 Å². The van der Waals surface area contributed by atoms with E-state index in [9.17, 15) is 50.8 Å². The second-order valence-electron chi connectivity index (χ2n) is 10.2. The fraction of sp³-hybridized carbons (Fsp3) is 0.464. The minimum absolute atomic E-state index is 0.0171. The smallest absolute Gasteiger partial charge is 0.239 e. The van der Waals surface area contributed by atoms with E-state index >= 15 is 0 Å². The third-order valence-corrected chi connectivity index (χ3v) is 7.02. The predicted molar refractivity (Wildman–Crippen MR) is 147 cm³/mol. The van der Waals surface area contributed by atoms with Crippen LogP contribution in [-0.2, 0) is 14.2 Å². The number of ether oxygens (including phenoxy) is 4. The van der Waals surface area contributed by atoms with E-state index in [-0.39, 0.29) is 16.9 Å². The van der Waals surface area contributed by atoms with E-state index < -0.39 is 108 Å². The van der Waals surface area contributed by atoms with Crippen molar-refractivity contribution in [2.24, 2.45) is 0 Å². The Morgan fingerprint density at radius 2 is 1.61 bits per heavy atom. The van der Waals surface area contributed by atoms with Crippen molar-refractivity contribution in [3.8, 4) is 40.1 Å². The van der Waals surface area contributed by atoms with E-state index in [4.69, 9.17) is 28.5 Å². The second kappa shape index (κ2) is 13.5. The molecule has 0 spiro atoms. The Kier molecular flexibility index (Phi) is 10.2. The summed E-state index contributed by atoms with van der Waals surface area (Å²) in [6.45, 7) is 1.66. The second-order valence-corrected chi connectivity index (χ2v) is 10.2. The monoisotopic (exact) mass is 626 g/mol. The maximum absolute atomic E-state index is 13.6. The molecule has 10 N–H and O–H groups in total. The van der Waals surface area contributed by atoms with Crippen LogP contribution in [0.4, 0.5) is 0 Å². The zero-order valence-corrected chi connectivity index (χ0v) is 23.4. The van der Waals surface area contributed by atoms with Gasteiger partial charge < -0.3 is 74.4 Å². The van der Waals surface area contributed by atoms with Crippen molar-refractivity contribution in [3.63, 3.8) is 0 Å². The van der Waals surface area contributed by atoms with Gasteiger partial charge in [-0.15, -0.1) is 0 Å². The normalized spacial score (nSPS) is 25.0. The highest BCUT2D eigenvalue weighted by Gasteiger charge is 2.46. The third kappa shape index (κ3) is 6.83. The zero-order valence-electron chi connectivity index (χ0n) is 23.4. The fourth-order valence-corrected chi connectivity index (χ4v) is 4.57. The van der Waals surface area contributed by atoms with Gasteiger partial charge in [0.05, 0.1) is 19.3 Å². The minimum Gasteiger partial charge on any atom is -0.508 e. The van der Waals surface area contributed by atoms with Crippen molar-refractivity contribution < 1.29 is 74.4 Å². The SMILES string of the molecule is CC(OCC1O[C@@H](Oc2c(-c3ccc(O)c(O)c3)oc3cc(O)cc(O)c3c2=O)C(O)C(O)[C@@H]1O)OC(C)[C@H](O)C(O)CO. The molecule has 9 atom stereocenters. The van der Waals surface area contributed by atoms with Crippen molar-refractivity contribution in [1.82, 2.24) is 0 Å². The van der Waals surface area contributed by atoms with Crippen molar-refractivity contribution in [2.75, 3.05) is 13.2 Å². The molecule has 2 heterocycles.